The molecular formula is C21H26N6O2. The molecule has 1 amide bonds. The van der Waals surface area contributed by atoms with E-state index in [0.29, 0.717) is 18.7 Å². The zero-order valence-electron chi connectivity index (χ0n) is 16.2. The van der Waals surface area contributed by atoms with Crippen LogP contribution in [0.1, 0.15) is 36.3 Å². The molecule has 1 aliphatic heterocycles. The predicted octanol–water partition coefficient (Wildman–Crippen LogP) is 0.876. The van der Waals surface area contributed by atoms with Crippen molar-refractivity contribution in [2.24, 2.45) is 17.6 Å². The van der Waals surface area contributed by atoms with Crippen molar-refractivity contribution in [3.05, 3.63) is 41.6 Å². The number of benzene rings is 1. The van der Waals surface area contributed by atoms with Gasteiger partial charge in [0.25, 0.3) is 0 Å². The van der Waals surface area contributed by atoms with Crippen molar-refractivity contribution < 1.29 is 9.90 Å². The molecule has 152 valence electrons. The second-order valence-electron chi connectivity index (χ2n) is 7.81. The number of amides is 1. The first-order valence-electron chi connectivity index (χ1n) is 10.1. The van der Waals surface area contributed by atoms with Crippen molar-refractivity contribution in [3.8, 4) is 17.3 Å². The second-order valence-corrected chi connectivity index (χ2v) is 7.81. The van der Waals surface area contributed by atoms with Gasteiger partial charge in [0, 0.05) is 29.6 Å². The molecule has 0 spiro atoms. The molecule has 1 aromatic carbocycles. The van der Waals surface area contributed by atoms with Crippen LogP contribution < -0.4 is 16.6 Å². The van der Waals surface area contributed by atoms with Crippen LogP contribution in [0.5, 0.6) is 0 Å². The second kappa shape index (κ2) is 8.33. The highest BCUT2D eigenvalue weighted by molar-refractivity contribution is 5.79. The molecule has 4 atom stereocenters. The summed E-state index contributed by atoms with van der Waals surface area (Å²) in [4.78, 5) is 12.3. The van der Waals surface area contributed by atoms with E-state index in [1.165, 1.54) is 0 Å². The first kappa shape index (κ1) is 19.6. The minimum atomic E-state index is -0.0302. The summed E-state index contributed by atoms with van der Waals surface area (Å²) in [5, 5.41) is 23.6. The number of nitrogens with zero attached hydrogens (tertiary/aromatic N) is 3. The molecule has 2 aromatic rings. The lowest BCUT2D eigenvalue weighted by Gasteiger charge is -2.43. The molecule has 0 bridgehead atoms. The number of nitrogens with one attached hydrogen (secondary N) is 2. The summed E-state index contributed by atoms with van der Waals surface area (Å²) in [6.45, 7) is 0.795. The van der Waals surface area contributed by atoms with Crippen molar-refractivity contribution in [3.63, 3.8) is 0 Å². The van der Waals surface area contributed by atoms with Gasteiger partial charge in [-0.05, 0) is 37.2 Å². The molecule has 2 aliphatic rings. The van der Waals surface area contributed by atoms with E-state index in [9.17, 15) is 15.2 Å². The molecule has 1 aromatic heterocycles. The van der Waals surface area contributed by atoms with Gasteiger partial charge in [0.2, 0.25) is 5.91 Å². The number of hydrazine groups is 1. The summed E-state index contributed by atoms with van der Waals surface area (Å²) in [5.74, 6) is 0.396. The van der Waals surface area contributed by atoms with Gasteiger partial charge in [-0.1, -0.05) is 18.2 Å². The van der Waals surface area contributed by atoms with Gasteiger partial charge in [0.1, 0.15) is 0 Å². The Hall–Kier alpha value is -2.73. The standard InChI is InChI=1S/C21H26N6O2/c22-10-14-3-1-2-4-15(14)20-18(12-24-27(20)7-8-28)13-5-6-16-17(9-13)19(11-23)25-26-21(16)29/h1-4,12-13,16-17,19,25,28H,5-9,11,23H2,(H,26,29). The van der Waals surface area contributed by atoms with E-state index in [-0.39, 0.29) is 36.3 Å². The first-order valence-corrected chi connectivity index (χ1v) is 10.1. The number of hydrogen-bond donors (Lipinski definition) is 4. The van der Waals surface area contributed by atoms with Gasteiger partial charge >= 0.3 is 0 Å². The Bertz CT molecular complexity index is 933. The fraction of sp³-hybridized carbons (Fsp3) is 0.476. The van der Waals surface area contributed by atoms with Gasteiger partial charge in [-0.2, -0.15) is 10.4 Å². The Morgan fingerprint density at radius 2 is 2.17 bits per heavy atom. The van der Waals surface area contributed by atoms with Crippen molar-refractivity contribution >= 4 is 5.91 Å². The summed E-state index contributed by atoms with van der Waals surface area (Å²) in [7, 11) is 0. The minimum Gasteiger partial charge on any atom is -0.394 e. The van der Waals surface area contributed by atoms with Crippen LogP contribution in [0.2, 0.25) is 0 Å². The van der Waals surface area contributed by atoms with Crippen LogP contribution >= 0.6 is 0 Å². The number of fused-ring (bicyclic) bond motifs is 1. The molecule has 0 radical (unpaired) electrons. The Kier molecular flexibility index (Phi) is 5.62. The Labute approximate surface area is 169 Å². The number of nitriles is 1. The summed E-state index contributed by atoms with van der Waals surface area (Å²) in [6.07, 6.45) is 4.36. The molecule has 29 heavy (non-hydrogen) atoms. The zero-order valence-corrected chi connectivity index (χ0v) is 16.2. The van der Waals surface area contributed by atoms with Crippen LogP contribution in [0, 0.1) is 23.2 Å². The van der Waals surface area contributed by atoms with Crippen molar-refractivity contribution in [2.75, 3.05) is 13.2 Å². The van der Waals surface area contributed by atoms with Crippen LogP contribution in [0.15, 0.2) is 30.5 Å². The molecular weight excluding hydrogens is 368 g/mol. The lowest BCUT2D eigenvalue weighted by molar-refractivity contribution is -0.133. The van der Waals surface area contributed by atoms with Crippen LogP contribution in [0.4, 0.5) is 0 Å². The number of carbonyl (C=O) groups excluding carboxylic acids is 1. The molecule has 2 heterocycles. The normalized spacial score (nSPS) is 26.4. The third-order valence-electron chi connectivity index (χ3n) is 6.31. The van der Waals surface area contributed by atoms with Gasteiger partial charge in [0.05, 0.1) is 36.7 Å². The van der Waals surface area contributed by atoms with E-state index in [1.54, 1.807) is 10.7 Å². The molecule has 5 N–H and O–H groups in total. The van der Waals surface area contributed by atoms with Crippen molar-refractivity contribution in [2.45, 2.75) is 37.8 Å². The predicted molar refractivity (Wildman–Crippen MR) is 107 cm³/mol. The topological polar surface area (TPSA) is 129 Å². The molecule has 4 rings (SSSR count). The summed E-state index contributed by atoms with van der Waals surface area (Å²) in [5.41, 5.74) is 15.1. The monoisotopic (exact) mass is 394 g/mol. The number of aromatic nitrogens is 2. The van der Waals surface area contributed by atoms with Gasteiger partial charge < -0.3 is 10.8 Å². The molecule has 2 fully saturated rings. The summed E-state index contributed by atoms with van der Waals surface area (Å²) < 4.78 is 1.78. The quantitative estimate of drug-likeness (QED) is 0.596. The van der Waals surface area contributed by atoms with Gasteiger partial charge in [0.15, 0.2) is 0 Å². The maximum atomic E-state index is 12.3. The van der Waals surface area contributed by atoms with E-state index in [0.717, 1.165) is 36.1 Å². The fourth-order valence-electron chi connectivity index (χ4n) is 4.90. The number of aliphatic hydroxyl groups excluding tert-OH is 1. The first-order chi connectivity index (χ1) is 14.2. The maximum absolute atomic E-state index is 12.3. The average Bonchev–Trinajstić information content (AvgIpc) is 3.17. The molecule has 8 heteroatoms. The fourth-order valence-corrected chi connectivity index (χ4v) is 4.90. The number of nitrogens with two attached hydrogens (primary N) is 1. The molecule has 1 aliphatic carbocycles. The zero-order chi connectivity index (χ0) is 20.4. The highest BCUT2D eigenvalue weighted by Gasteiger charge is 2.43. The largest absolute Gasteiger partial charge is 0.394 e. The average molecular weight is 394 g/mol. The third-order valence-corrected chi connectivity index (χ3v) is 6.31. The highest BCUT2D eigenvalue weighted by Crippen LogP contribution is 2.45. The lowest BCUT2D eigenvalue weighted by atomic mass is 9.68. The van der Waals surface area contributed by atoms with Crippen molar-refractivity contribution in [1.82, 2.24) is 20.6 Å². The third kappa shape index (κ3) is 3.53. The van der Waals surface area contributed by atoms with E-state index in [2.05, 4.69) is 22.0 Å². The minimum absolute atomic E-state index is 0.0246. The van der Waals surface area contributed by atoms with E-state index >= 15 is 0 Å². The van der Waals surface area contributed by atoms with Crippen LogP contribution in [0.3, 0.4) is 0 Å². The van der Waals surface area contributed by atoms with Crippen molar-refractivity contribution in [1.29, 1.82) is 5.26 Å². The highest BCUT2D eigenvalue weighted by atomic mass is 16.3. The molecule has 1 saturated carbocycles. The van der Waals surface area contributed by atoms with Crippen LogP contribution in [-0.4, -0.2) is 40.0 Å². The smallest absolute Gasteiger partial charge is 0.237 e. The van der Waals surface area contributed by atoms with E-state index in [1.807, 2.05) is 24.4 Å². The van der Waals surface area contributed by atoms with Crippen LogP contribution in [0.25, 0.3) is 11.3 Å². The number of rotatable bonds is 5. The summed E-state index contributed by atoms with van der Waals surface area (Å²) >= 11 is 0. The van der Waals surface area contributed by atoms with Gasteiger partial charge in [-0.3, -0.25) is 14.9 Å². The SMILES string of the molecule is N#Cc1ccccc1-c1c(C2CCC3C(=O)NNC(CN)C3C2)cnn1CCO. The van der Waals surface area contributed by atoms with Crippen LogP contribution in [-0.2, 0) is 11.3 Å². The number of carbonyl (C=O) groups is 1. The van der Waals surface area contributed by atoms with E-state index < -0.39 is 0 Å². The van der Waals surface area contributed by atoms with Gasteiger partial charge in [-0.15, -0.1) is 0 Å². The summed E-state index contributed by atoms with van der Waals surface area (Å²) in [6, 6.07) is 9.79. The Morgan fingerprint density at radius 3 is 2.93 bits per heavy atom. The lowest BCUT2D eigenvalue weighted by Crippen LogP contribution is -2.62. The molecule has 8 nitrogen and oxygen atoms in total. The van der Waals surface area contributed by atoms with Gasteiger partial charge in [-0.25, -0.2) is 5.43 Å². The Morgan fingerprint density at radius 1 is 1.34 bits per heavy atom. The molecule has 1 saturated heterocycles. The number of aliphatic hydroxyl groups is 1. The molecule has 4 unspecified atom stereocenters. The number of hydrogen-bond acceptors (Lipinski definition) is 6. The Balaban J connectivity index is 1.72. The maximum Gasteiger partial charge on any atom is 0.237 e. The van der Waals surface area contributed by atoms with E-state index in [4.69, 9.17) is 5.73 Å².